The molecule has 2 rings (SSSR count). The molecule has 1 amide bonds. The molecule has 5 heteroatoms. The third kappa shape index (κ3) is 4.43. The SMILES string of the molecule is O=C(O)c1ccc(CCNNC(=O)c2ccccc2)cc1. The first-order valence-corrected chi connectivity index (χ1v) is 6.57. The highest BCUT2D eigenvalue weighted by Gasteiger charge is 2.03. The Balaban J connectivity index is 1.75. The second-order valence-corrected chi connectivity index (χ2v) is 4.50. The minimum absolute atomic E-state index is 0.183. The van der Waals surface area contributed by atoms with Crippen LogP contribution in [-0.4, -0.2) is 23.5 Å². The van der Waals surface area contributed by atoms with Crippen molar-refractivity contribution in [2.24, 2.45) is 0 Å². The van der Waals surface area contributed by atoms with Gasteiger partial charge in [-0.2, -0.15) is 0 Å². The van der Waals surface area contributed by atoms with E-state index in [2.05, 4.69) is 10.9 Å². The van der Waals surface area contributed by atoms with Crippen molar-refractivity contribution in [1.29, 1.82) is 0 Å². The number of hydrogen-bond donors (Lipinski definition) is 3. The van der Waals surface area contributed by atoms with E-state index in [-0.39, 0.29) is 11.5 Å². The van der Waals surface area contributed by atoms with E-state index in [9.17, 15) is 9.59 Å². The first-order valence-electron chi connectivity index (χ1n) is 6.57. The molecule has 2 aromatic carbocycles. The number of carboxylic acid groups (broad SMARTS) is 1. The second-order valence-electron chi connectivity index (χ2n) is 4.50. The van der Waals surface area contributed by atoms with E-state index in [4.69, 9.17) is 5.11 Å². The average Bonchev–Trinajstić information content (AvgIpc) is 2.52. The van der Waals surface area contributed by atoms with Crippen molar-refractivity contribution in [3.05, 3.63) is 71.3 Å². The van der Waals surface area contributed by atoms with Gasteiger partial charge in [0.25, 0.3) is 5.91 Å². The van der Waals surface area contributed by atoms with Gasteiger partial charge in [0.2, 0.25) is 0 Å². The Bertz CT molecular complexity index is 609. The number of carbonyl (C=O) groups is 2. The molecule has 0 aliphatic carbocycles. The van der Waals surface area contributed by atoms with Gasteiger partial charge in [-0.3, -0.25) is 10.2 Å². The van der Waals surface area contributed by atoms with E-state index < -0.39 is 5.97 Å². The van der Waals surface area contributed by atoms with Crippen LogP contribution in [0.4, 0.5) is 0 Å². The molecule has 0 atom stereocenters. The molecule has 2 aromatic rings. The van der Waals surface area contributed by atoms with Gasteiger partial charge >= 0.3 is 5.97 Å². The lowest BCUT2D eigenvalue weighted by Crippen LogP contribution is -2.38. The van der Waals surface area contributed by atoms with E-state index >= 15 is 0 Å². The molecule has 21 heavy (non-hydrogen) atoms. The fourth-order valence-corrected chi connectivity index (χ4v) is 1.83. The standard InChI is InChI=1S/C16H16N2O3/c19-15(13-4-2-1-3-5-13)18-17-11-10-12-6-8-14(9-7-12)16(20)21/h1-9,17H,10-11H2,(H,18,19)(H,20,21). The molecular formula is C16H16N2O3. The summed E-state index contributed by atoms with van der Waals surface area (Å²) in [5, 5.41) is 8.80. The molecule has 0 aliphatic heterocycles. The summed E-state index contributed by atoms with van der Waals surface area (Å²) in [6, 6.07) is 15.6. The van der Waals surface area contributed by atoms with Crippen LogP contribution in [0.5, 0.6) is 0 Å². The Labute approximate surface area is 122 Å². The highest BCUT2D eigenvalue weighted by atomic mass is 16.4. The van der Waals surface area contributed by atoms with Gasteiger partial charge < -0.3 is 5.11 Å². The molecule has 0 unspecified atom stereocenters. The van der Waals surface area contributed by atoms with Crippen molar-refractivity contribution in [2.75, 3.05) is 6.54 Å². The Kier molecular flexibility index (Phi) is 5.06. The third-order valence-corrected chi connectivity index (χ3v) is 2.98. The molecule has 5 nitrogen and oxygen atoms in total. The van der Waals surface area contributed by atoms with Gasteiger partial charge in [0, 0.05) is 12.1 Å². The normalized spacial score (nSPS) is 10.1. The van der Waals surface area contributed by atoms with Crippen LogP contribution in [0.2, 0.25) is 0 Å². The van der Waals surface area contributed by atoms with Crippen molar-refractivity contribution in [3.63, 3.8) is 0 Å². The summed E-state index contributed by atoms with van der Waals surface area (Å²) in [5.41, 5.74) is 7.33. The number of rotatable bonds is 6. The zero-order chi connectivity index (χ0) is 15.1. The van der Waals surface area contributed by atoms with Crippen molar-refractivity contribution < 1.29 is 14.7 Å². The summed E-state index contributed by atoms with van der Waals surface area (Å²) in [6.45, 7) is 0.561. The van der Waals surface area contributed by atoms with Gasteiger partial charge in [0.15, 0.2) is 0 Å². The summed E-state index contributed by atoms with van der Waals surface area (Å²) >= 11 is 0. The van der Waals surface area contributed by atoms with Crippen molar-refractivity contribution in [3.8, 4) is 0 Å². The number of nitrogens with one attached hydrogen (secondary N) is 2. The van der Waals surface area contributed by atoms with E-state index in [0.29, 0.717) is 18.5 Å². The summed E-state index contributed by atoms with van der Waals surface area (Å²) in [5.74, 6) is -1.12. The lowest BCUT2D eigenvalue weighted by molar-refractivity contribution is 0.0696. The molecular weight excluding hydrogens is 268 g/mol. The topological polar surface area (TPSA) is 78.4 Å². The molecule has 0 aliphatic rings. The van der Waals surface area contributed by atoms with E-state index in [1.165, 1.54) is 0 Å². The van der Waals surface area contributed by atoms with Crippen LogP contribution in [0, 0.1) is 0 Å². The number of benzene rings is 2. The number of hydrogen-bond acceptors (Lipinski definition) is 3. The van der Waals surface area contributed by atoms with Crippen molar-refractivity contribution >= 4 is 11.9 Å². The maximum atomic E-state index is 11.7. The molecule has 108 valence electrons. The van der Waals surface area contributed by atoms with Crippen LogP contribution in [-0.2, 0) is 6.42 Å². The van der Waals surface area contributed by atoms with Crippen LogP contribution < -0.4 is 10.9 Å². The van der Waals surface area contributed by atoms with Crippen LogP contribution in [0.3, 0.4) is 0 Å². The molecule has 0 heterocycles. The fourth-order valence-electron chi connectivity index (χ4n) is 1.83. The molecule has 0 fully saturated rings. The molecule has 0 aromatic heterocycles. The maximum absolute atomic E-state index is 11.7. The second kappa shape index (κ2) is 7.21. The average molecular weight is 284 g/mol. The van der Waals surface area contributed by atoms with E-state index in [1.54, 1.807) is 48.5 Å². The molecule has 0 spiro atoms. The predicted molar refractivity (Wildman–Crippen MR) is 79.0 cm³/mol. The molecule has 0 saturated heterocycles. The van der Waals surface area contributed by atoms with Gasteiger partial charge in [-0.25, -0.2) is 10.2 Å². The van der Waals surface area contributed by atoms with E-state index in [0.717, 1.165) is 5.56 Å². The lowest BCUT2D eigenvalue weighted by Gasteiger charge is -2.07. The zero-order valence-electron chi connectivity index (χ0n) is 11.4. The van der Waals surface area contributed by atoms with Gasteiger partial charge in [0.1, 0.15) is 0 Å². The molecule has 0 bridgehead atoms. The lowest BCUT2D eigenvalue weighted by atomic mass is 10.1. The first kappa shape index (κ1) is 14.7. The molecule has 3 N–H and O–H groups in total. The quantitative estimate of drug-likeness (QED) is 0.559. The smallest absolute Gasteiger partial charge is 0.335 e. The maximum Gasteiger partial charge on any atom is 0.335 e. The number of hydrazine groups is 1. The number of amides is 1. The molecule has 0 radical (unpaired) electrons. The number of carboxylic acids is 1. The fraction of sp³-hybridized carbons (Fsp3) is 0.125. The van der Waals surface area contributed by atoms with Crippen LogP contribution in [0.1, 0.15) is 26.3 Å². The first-order chi connectivity index (χ1) is 10.2. The Morgan fingerprint density at radius 2 is 1.57 bits per heavy atom. The highest BCUT2D eigenvalue weighted by molar-refractivity contribution is 5.93. The Morgan fingerprint density at radius 3 is 2.19 bits per heavy atom. The number of aromatic carboxylic acids is 1. The van der Waals surface area contributed by atoms with Gasteiger partial charge in [0.05, 0.1) is 5.56 Å². The van der Waals surface area contributed by atoms with Crippen LogP contribution >= 0.6 is 0 Å². The number of carbonyl (C=O) groups excluding carboxylic acids is 1. The minimum Gasteiger partial charge on any atom is -0.478 e. The largest absolute Gasteiger partial charge is 0.478 e. The summed E-state index contributed by atoms with van der Waals surface area (Å²) in [4.78, 5) is 22.5. The van der Waals surface area contributed by atoms with Gasteiger partial charge in [-0.15, -0.1) is 0 Å². The summed E-state index contributed by atoms with van der Waals surface area (Å²) < 4.78 is 0. The van der Waals surface area contributed by atoms with Crippen molar-refractivity contribution in [1.82, 2.24) is 10.9 Å². The van der Waals surface area contributed by atoms with Crippen LogP contribution in [0.15, 0.2) is 54.6 Å². The van der Waals surface area contributed by atoms with Crippen molar-refractivity contribution in [2.45, 2.75) is 6.42 Å². The molecule has 0 saturated carbocycles. The van der Waals surface area contributed by atoms with E-state index in [1.807, 2.05) is 6.07 Å². The minimum atomic E-state index is -0.935. The monoisotopic (exact) mass is 284 g/mol. The Hall–Kier alpha value is -2.66. The third-order valence-electron chi connectivity index (χ3n) is 2.98. The predicted octanol–water partition coefficient (Wildman–Crippen LogP) is 1.86. The van der Waals surface area contributed by atoms with Crippen LogP contribution in [0.25, 0.3) is 0 Å². The summed E-state index contributed by atoms with van der Waals surface area (Å²) in [6.07, 6.45) is 0.689. The highest BCUT2D eigenvalue weighted by Crippen LogP contribution is 2.04. The summed E-state index contributed by atoms with van der Waals surface area (Å²) in [7, 11) is 0. The Morgan fingerprint density at radius 1 is 0.905 bits per heavy atom. The van der Waals surface area contributed by atoms with Gasteiger partial charge in [-0.05, 0) is 36.2 Å². The van der Waals surface area contributed by atoms with Gasteiger partial charge in [-0.1, -0.05) is 30.3 Å². The zero-order valence-corrected chi connectivity index (χ0v) is 11.4.